The van der Waals surface area contributed by atoms with Gasteiger partial charge < -0.3 is 4.52 Å². The maximum absolute atomic E-state index is 5.37. The van der Waals surface area contributed by atoms with E-state index in [0.29, 0.717) is 11.7 Å². The predicted molar refractivity (Wildman–Crippen MR) is 108 cm³/mol. The lowest BCUT2D eigenvalue weighted by Crippen LogP contribution is -2.03. The van der Waals surface area contributed by atoms with Crippen molar-refractivity contribution < 1.29 is 4.52 Å². The molecular weight excluding hydrogens is 376 g/mol. The van der Waals surface area contributed by atoms with Crippen molar-refractivity contribution in [3.63, 3.8) is 0 Å². The molecule has 0 radical (unpaired) electrons. The van der Waals surface area contributed by atoms with Crippen molar-refractivity contribution in [2.24, 2.45) is 0 Å². The highest BCUT2D eigenvalue weighted by Crippen LogP contribution is 2.43. The maximum atomic E-state index is 5.37. The fourth-order valence-corrected chi connectivity index (χ4v) is 5.67. The third-order valence-electron chi connectivity index (χ3n) is 4.57. The zero-order valence-electron chi connectivity index (χ0n) is 15.0. The van der Waals surface area contributed by atoms with E-state index < -0.39 is 0 Å². The summed E-state index contributed by atoms with van der Waals surface area (Å²) in [6.07, 6.45) is 2.84. The lowest BCUT2D eigenvalue weighted by molar-refractivity contribution is 0.365. The van der Waals surface area contributed by atoms with E-state index in [0.717, 1.165) is 23.6 Å². The molecule has 0 saturated heterocycles. The molecule has 0 N–H and O–H groups in total. The van der Waals surface area contributed by atoms with E-state index in [2.05, 4.69) is 56.1 Å². The predicted octanol–water partition coefficient (Wildman–Crippen LogP) is 5.30. The molecular formula is C20H18N4OS2. The zero-order valence-corrected chi connectivity index (χ0v) is 16.7. The minimum absolute atomic E-state index is 0.211. The van der Waals surface area contributed by atoms with Gasteiger partial charge in [-0.1, -0.05) is 49.3 Å². The number of imidazole rings is 1. The van der Waals surface area contributed by atoms with Crippen LogP contribution < -0.4 is 0 Å². The molecule has 0 spiro atoms. The molecule has 0 unspecified atom stereocenters. The summed E-state index contributed by atoms with van der Waals surface area (Å²) in [5.41, 5.74) is 4.50. The summed E-state index contributed by atoms with van der Waals surface area (Å²) in [4.78, 5) is 10.5. The molecule has 5 rings (SSSR count). The minimum Gasteiger partial charge on any atom is -0.339 e. The molecule has 3 aromatic heterocycles. The summed E-state index contributed by atoms with van der Waals surface area (Å²) in [6.45, 7) is 4.09. The highest BCUT2D eigenvalue weighted by atomic mass is 32.2. The van der Waals surface area contributed by atoms with Gasteiger partial charge in [0.25, 0.3) is 0 Å². The molecule has 0 amide bonds. The van der Waals surface area contributed by atoms with Gasteiger partial charge in [-0.2, -0.15) is 4.98 Å². The highest BCUT2D eigenvalue weighted by molar-refractivity contribution is 8.00. The van der Waals surface area contributed by atoms with Crippen molar-refractivity contribution in [2.75, 3.05) is 0 Å². The van der Waals surface area contributed by atoms with Crippen LogP contribution in [0.5, 0.6) is 0 Å². The van der Waals surface area contributed by atoms with Crippen LogP contribution in [0.25, 0.3) is 17.2 Å². The number of hydrogen-bond acceptors (Lipinski definition) is 6. The first-order chi connectivity index (χ1) is 13.2. The molecule has 0 saturated carbocycles. The summed E-state index contributed by atoms with van der Waals surface area (Å²) in [5.74, 6) is 2.30. The standard InChI is InChI=1S/C20H18N4OS2/c1-12(2)19-22-18(23-25-19)17-16-10-26-20-15(24(16)11-21-17)9-14(27-20)8-13-6-4-3-5-7-13/h3-7,9,11-12H,8,10H2,1-2H3. The van der Waals surface area contributed by atoms with Gasteiger partial charge in [-0.05, 0) is 11.6 Å². The molecule has 5 nitrogen and oxygen atoms in total. The third-order valence-corrected chi connectivity index (χ3v) is 6.98. The average molecular weight is 395 g/mol. The van der Waals surface area contributed by atoms with Crippen molar-refractivity contribution in [3.8, 4) is 17.2 Å². The van der Waals surface area contributed by atoms with Crippen LogP contribution in [-0.2, 0) is 12.2 Å². The molecule has 27 heavy (non-hydrogen) atoms. The topological polar surface area (TPSA) is 56.7 Å². The van der Waals surface area contributed by atoms with Crippen molar-refractivity contribution in [2.45, 2.75) is 36.1 Å². The van der Waals surface area contributed by atoms with E-state index in [1.165, 1.54) is 20.3 Å². The Balaban J connectivity index is 1.49. The van der Waals surface area contributed by atoms with E-state index in [-0.39, 0.29) is 5.92 Å². The Bertz CT molecular complexity index is 1090. The molecule has 1 aliphatic heterocycles. The number of nitrogens with zero attached hydrogens (tertiary/aromatic N) is 4. The Kier molecular flexibility index (Phi) is 4.13. The molecule has 7 heteroatoms. The number of thioether (sulfide) groups is 1. The molecule has 0 aliphatic carbocycles. The number of thiophene rings is 1. The molecule has 4 aromatic rings. The molecule has 4 heterocycles. The number of aromatic nitrogens is 4. The Morgan fingerprint density at radius 1 is 1.22 bits per heavy atom. The van der Waals surface area contributed by atoms with Crippen molar-refractivity contribution in [1.82, 2.24) is 19.7 Å². The van der Waals surface area contributed by atoms with Crippen LogP contribution in [-0.4, -0.2) is 19.7 Å². The van der Waals surface area contributed by atoms with E-state index in [4.69, 9.17) is 4.52 Å². The van der Waals surface area contributed by atoms with Crippen LogP contribution in [0.1, 0.15) is 41.8 Å². The van der Waals surface area contributed by atoms with Crippen molar-refractivity contribution in [1.29, 1.82) is 0 Å². The molecule has 1 aliphatic rings. The molecule has 0 atom stereocenters. The van der Waals surface area contributed by atoms with Gasteiger partial charge in [0, 0.05) is 23.0 Å². The Morgan fingerprint density at radius 2 is 2.07 bits per heavy atom. The first-order valence-electron chi connectivity index (χ1n) is 8.89. The van der Waals surface area contributed by atoms with E-state index in [9.17, 15) is 0 Å². The average Bonchev–Trinajstić information content (AvgIpc) is 3.39. The number of rotatable bonds is 4. The first kappa shape index (κ1) is 16.8. The van der Waals surface area contributed by atoms with Gasteiger partial charge in [-0.3, -0.25) is 4.57 Å². The first-order valence-corrected chi connectivity index (χ1v) is 10.7. The molecule has 0 fully saturated rings. The number of hydrogen-bond donors (Lipinski definition) is 0. The summed E-state index contributed by atoms with van der Waals surface area (Å²) in [6, 6.07) is 12.9. The zero-order chi connectivity index (χ0) is 18.4. The summed E-state index contributed by atoms with van der Waals surface area (Å²) < 4.78 is 8.88. The normalized spacial score (nSPS) is 13.0. The van der Waals surface area contributed by atoms with Crippen LogP contribution >= 0.6 is 23.1 Å². The SMILES string of the molecule is CC(C)c1nc(-c2ncn3c2CSc2sc(Cc4ccccc4)cc2-3)no1. The molecule has 1 aromatic carbocycles. The number of fused-ring (bicyclic) bond motifs is 3. The van der Waals surface area contributed by atoms with Gasteiger partial charge in [-0.25, -0.2) is 4.98 Å². The fourth-order valence-electron chi connectivity index (χ4n) is 3.17. The smallest absolute Gasteiger partial charge is 0.229 e. The Hall–Kier alpha value is -2.38. The van der Waals surface area contributed by atoms with E-state index in [1.54, 1.807) is 0 Å². The van der Waals surface area contributed by atoms with Crippen LogP contribution in [0, 0.1) is 0 Å². The second-order valence-corrected chi connectivity index (χ2v) is 9.24. The summed E-state index contributed by atoms with van der Waals surface area (Å²) >= 11 is 3.73. The quantitative estimate of drug-likeness (QED) is 0.470. The van der Waals surface area contributed by atoms with Crippen LogP contribution in [0.2, 0.25) is 0 Å². The largest absolute Gasteiger partial charge is 0.339 e. The second-order valence-electron chi connectivity index (χ2n) is 6.86. The maximum Gasteiger partial charge on any atom is 0.229 e. The van der Waals surface area contributed by atoms with Crippen LogP contribution in [0.15, 0.2) is 51.5 Å². The van der Waals surface area contributed by atoms with Gasteiger partial charge in [0.05, 0.1) is 15.6 Å². The van der Waals surface area contributed by atoms with Crippen LogP contribution in [0.4, 0.5) is 0 Å². The van der Waals surface area contributed by atoms with Crippen molar-refractivity contribution >= 4 is 23.1 Å². The van der Waals surface area contributed by atoms with E-state index >= 15 is 0 Å². The van der Waals surface area contributed by atoms with Gasteiger partial charge in [0.1, 0.15) is 12.0 Å². The van der Waals surface area contributed by atoms with Crippen LogP contribution in [0.3, 0.4) is 0 Å². The summed E-state index contributed by atoms with van der Waals surface area (Å²) in [5, 5.41) is 4.14. The summed E-state index contributed by atoms with van der Waals surface area (Å²) in [7, 11) is 0. The van der Waals surface area contributed by atoms with E-state index in [1.807, 2.05) is 43.3 Å². The lowest BCUT2D eigenvalue weighted by atomic mass is 10.1. The third kappa shape index (κ3) is 3.00. The van der Waals surface area contributed by atoms with Gasteiger partial charge in [0.15, 0.2) is 0 Å². The van der Waals surface area contributed by atoms with Gasteiger partial charge in [0.2, 0.25) is 11.7 Å². The minimum atomic E-state index is 0.211. The Labute approximate surface area is 165 Å². The number of benzene rings is 1. The van der Waals surface area contributed by atoms with Crippen molar-refractivity contribution in [3.05, 3.63) is 64.8 Å². The fraction of sp³-hybridized carbons (Fsp3) is 0.250. The highest BCUT2D eigenvalue weighted by Gasteiger charge is 2.26. The lowest BCUT2D eigenvalue weighted by Gasteiger charge is -2.14. The second kappa shape index (κ2) is 6.65. The Morgan fingerprint density at radius 3 is 2.85 bits per heavy atom. The van der Waals surface area contributed by atoms with Gasteiger partial charge >= 0.3 is 0 Å². The van der Waals surface area contributed by atoms with Gasteiger partial charge in [-0.15, -0.1) is 23.1 Å². The monoisotopic (exact) mass is 394 g/mol. The molecule has 0 bridgehead atoms. The molecule has 136 valence electrons.